The lowest BCUT2D eigenvalue weighted by Crippen LogP contribution is -2.02. The molecule has 3 nitrogen and oxygen atoms in total. The van der Waals surface area contributed by atoms with Gasteiger partial charge in [0.1, 0.15) is 27.4 Å². The largest absolute Gasteiger partial charge is 0.484 e. The summed E-state index contributed by atoms with van der Waals surface area (Å²) >= 11 is 19.6. The van der Waals surface area contributed by atoms with Crippen molar-refractivity contribution in [3.05, 3.63) is 50.7 Å². The van der Waals surface area contributed by atoms with E-state index in [9.17, 15) is 0 Å². The Bertz CT molecular complexity index is 775. The molecule has 20 heavy (non-hydrogen) atoms. The Kier molecular flexibility index (Phi) is 3.98. The van der Waals surface area contributed by atoms with E-state index in [4.69, 9.17) is 39.5 Å². The summed E-state index contributed by atoms with van der Waals surface area (Å²) in [5.74, 6) is 0.992. The van der Waals surface area contributed by atoms with Crippen molar-refractivity contribution >= 4 is 56.4 Å². The average molecular weight is 346 g/mol. The minimum Gasteiger partial charge on any atom is -0.484 e. The van der Waals surface area contributed by atoms with Crippen LogP contribution in [-0.2, 0) is 6.61 Å². The summed E-state index contributed by atoms with van der Waals surface area (Å²) in [6.07, 6.45) is 0. The van der Waals surface area contributed by atoms with Crippen LogP contribution in [0.4, 0.5) is 0 Å². The van der Waals surface area contributed by atoms with Crippen molar-refractivity contribution in [1.29, 1.82) is 0 Å². The lowest BCUT2D eigenvalue weighted by atomic mass is 10.3. The third-order valence-electron chi connectivity index (χ3n) is 2.60. The van der Waals surface area contributed by atoms with E-state index in [-0.39, 0.29) is 6.61 Å². The zero-order valence-electron chi connectivity index (χ0n) is 9.94. The Morgan fingerprint density at radius 2 is 1.95 bits per heavy atom. The zero-order chi connectivity index (χ0) is 14.1. The normalized spacial score (nSPS) is 10.9. The molecule has 0 aliphatic heterocycles. The molecule has 2 heterocycles. The van der Waals surface area contributed by atoms with Crippen molar-refractivity contribution in [3.8, 4) is 5.75 Å². The number of thiophene rings is 1. The number of fused-ring (bicyclic) bond motifs is 1. The molecule has 102 valence electrons. The number of nitrogens with zero attached hydrogens (tertiary/aromatic N) is 2. The van der Waals surface area contributed by atoms with Gasteiger partial charge in [-0.25, -0.2) is 9.97 Å². The van der Waals surface area contributed by atoms with Crippen LogP contribution in [0.25, 0.3) is 10.2 Å². The van der Waals surface area contributed by atoms with Crippen LogP contribution in [0.15, 0.2) is 29.6 Å². The number of benzene rings is 1. The molecule has 0 fully saturated rings. The summed E-state index contributed by atoms with van der Waals surface area (Å²) in [7, 11) is 0. The molecule has 2 aromatic heterocycles. The first-order chi connectivity index (χ1) is 9.65. The van der Waals surface area contributed by atoms with Gasteiger partial charge in [-0.15, -0.1) is 11.3 Å². The molecular weight excluding hydrogens is 339 g/mol. The second-order valence-electron chi connectivity index (χ2n) is 3.91. The first-order valence-electron chi connectivity index (χ1n) is 5.61. The molecule has 0 spiro atoms. The topological polar surface area (TPSA) is 35.0 Å². The second-order valence-corrected chi connectivity index (χ2v) is 5.95. The zero-order valence-corrected chi connectivity index (χ0v) is 13.0. The monoisotopic (exact) mass is 344 g/mol. The van der Waals surface area contributed by atoms with E-state index >= 15 is 0 Å². The summed E-state index contributed by atoms with van der Waals surface area (Å²) in [4.78, 5) is 9.42. The van der Waals surface area contributed by atoms with E-state index in [1.54, 1.807) is 18.2 Å². The SMILES string of the molecule is Clc1cccc(OCc2nc(Cl)c3ccsc3n2)c1Cl. The van der Waals surface area contributed by atoms with E-state index in [2.05, 4.69) is 9.97 Å². The van der Waals surface area contributed by atoms with Gasteiger partial charge in [-0.1, -0.05) is 40.9 Å². The van der Waals surface area contributed by atoms with Gasteiger partial charge in [0, 0.05) is 5.39 Å². The van der Waals surface area contributed by atoms with Gasteiger partial charge < -0.3 is 4.74 Å². The van der Waals surface area contributed by atoms with Crippen molar-refractivity contribution in [3.63, 3.8) is 0 Å². The number of aromatic nitrogens is 2. The Labute approximate surface area is 134 Å². The molecule has 0 aliphatic carbocycles. The van der Waals surface area contributed by atoms with E-state index in [1.807, 2.05) is 11.4 Å². The fourth-order valence-corrected chi connectivity index (χ4v) is 3.10. The predicted molar refractivity (Wildman–Crippen MR) is 83.2 cm³/mol. The molecule has 0 N–H and O–H groups in total. The minimum absolute atomic E-state index is 0.174. The van der Waals surface area contributed by atoms with Crippen LogP contribution in [-0.4, -0.2) is 9.97 Å². The van der Waals surface area contributed by atoms with Gasteiger partial charge in [-0.2, -0.15) is 0 Å². The Hall–Kier alpha value is -1.07. The summed E-state index contributed by atoms with van der Waals surface area (Å²) < 4.78 is 5.59. The first-order valence-corrected chi connectivity index (χ1v) is 7.63. The third-order valence-corrected chi connectivity index (χ3v) is 4.49. The van der Waals surface area contributed by atoms with Crippen LogP contribution in [0.2, 0.25) is 15.2 Å². The smallest absolute Gasteiger partial charge is 0.169 e. The van der Waals surface area contributed by atoms with E-state index in [0.29, 0.717) is 26.8 Å². The minimum atomic E-state index is 0.174. The Morgan fingerprint density at radius 1 is 1.10 bits per heavy atom. The van der Waals surface area contributed by atoms with Crippen molar-refractivity contribution in [2.45, 2.75) is 6.61 Å². The number of hydrogen-bond donors (Lipinski definition) is 0. The van der Waals surface area contributed by atoms with Gasteiger partial charge in [0.05, 0.1) is 5.02 Å². The molecule has 0 radical (unpaired) electrons. The highest BCUT2D eigenvalue weighted by atomic mass is 35.5. The molecule has 0 bridgehead atoms. The quantitative estimate of drug-likeness (QED) is 0.610. The number of rotatable bonds is 3. The lowest BCUT2D eigenvalue weighted by molar-refractivity contribution is 0.296. The number of halogens is 3. The second kappa shape index (κ2) is 5.74. The summed E-state index contributed by atoms with van der Waals surface area (Å²) in [6, 6.07) is 7.09. The Morgan fingerprint density at radius 3 is 2.80 bits per heavy atom. The molecule has 0 saturated heterocycles. The number of ether oxygens (including phenoxy) is 1. The van der Waals surface area contributed by atoms with Gasteiger partial charge in [0.25, 0.3) is 0 Å². The first kappa shape index (κ1) is 13.9. The van der Waals surface area contributed by atoms with Crippen LogP contribution < -0.4 is 4.74 Å². The molecule has 0 aliphatic rings. The fourth-order valence-electron chi connectivity index (χ4n) is 1.66. The van der Waals surface area contributed by atoms with E-state index < -0.39 is 0 Å². The standard InChI is InChI=1S/C13H7Cl3N2OS/c14-8-2-1-3-9(11(8)15)19-6-10-17-12(16)7-4-5-20-13(7)18-10/h1-5H,6H2. The molecule has 0 unspecified atom stereocenters. The van der Waals surface area contributed by atoms with Gasteiger partial charge in [-0.05, 0) is 23.6 Å². The highest BCUT2D eigenvalue weighted by Gasteiger charge is 2.10. The van der Waals surface area contributed by atoms with Gasteiger partial charge in [-0.3, -0.25) is 0 Å². The maximum atomic E-state index is 6.09. The summed E-state index contributed by atoms with van der Waals surface area (Å²) in [5.41, 5.74) is 0. The Balaban J connectivity index is 1.84. The van der Waals surface area contributed by atoms with Gasteiger partial charge >= 0.3 is 0 Å². The maximum absolute atomic E-state index is 6.09. The highest BCUT2D eigenvalue weighted by molar-refractivity contribution is 7.16. The fraction of sp³-hybridized carbons (Fsp3) is 0.0769. The third kappa shape index (κ3) is 2.69. The van der Waals surface area contributed by atoms with E-state index in [0.717, 1.165) is 10.2 Å². The summed E-state index contributed by atoms with van der Waals surface area (Å²) in [5, 5.41) is 4.01. The van der Waals surface area contributed by atoms with Crippen LogP contribution in [0.3, 0.4) is 0 Å². The average Bonchev–Trinajstić information content (AvgIpc) is 2.89. The maximum Gasteiger partial charge on any atom is 0.169 e. The molecule has 3 aromatic rings. The lowest BCUT2D eigenvalue weighted by Gasteiger charge is -2.08. The molecule has 0 atom stereocenters. The number of hydrogen-bond acceptors (Lipinski definition) is 4. The highest BCUT2D eigenvalue weighted by Crippen LogP contribution is 2.32. The molecule has 3 rings (SSSR count). The summed E-state index contributed by atoms with van der Waals surface area (Å²) in [6.45, 7) is 0.174. The van der Waals surface area contributed by atoms with Crippen LogP contribution in [0.1, 0.15) is 5.82 Å². The van der Waals surface area contributed by atoms with Gasteiger partial charge in [0.15, 0.2) is 5.82 Å². The molecule has 0 amide bonds. The van der Waals surface area contributed by atoms with Crippen molar-refractivity contribution < 1.29 is 4.74 Å². The van der Waals surface area contributed by atoms with Crippen LogP contribution in [0.5, 0.6) is 5.75 Å². The molecule has 1 aromatic carbocycles. The van der Waals surface area contributed by atoms with Crippen molar-refractivity contribution in [1.82, 2.24) is 9.97 Å². The van der Waals surface area contributed by atoms with Crippen LogP contribution >= 0.6 is 46.1 Å². The predicted octanol–water partition coefficient (Wildman–Crippen LogP) is 5.23. The molecule has 0 saturated carbocycles. The van der Waals surface area contributed by atoms with Gasteiger partial charge in [0.2, 0.25) is 0 Å². The molecule has 7 heteroatoms. The van der Waals surface area contributed by atoms with Crippen molar-refractivity contribution in [2.24, 2.45) is 0 Å². The molecular formula is C13H7Cl3N2OS. The van der Waals surface area contributed by atoms with Crippen LogP contribution in [0, 0.1) is 0 Å². The van der Waals surface area contributed by atoms with Crippen molar-refractivity contribution in [2.75, 3.05) is 0 Å². The van der Waals surface area contributed by atoms with E-state index in [1.165, 1.54) is 11.3 Å².